The van der Waals surface area contributed by atoms with E-state index in [0.717, 1.165) is 18.5 Å². The third-order valence-electron chi connectivity index (χ3n) is 4.85. The Labute approximate surface area is 217 Å². The quantitative estimate of drug-likeness (QED) is 0.412. The first-order valence-electron chi connectivity index (χ1n) is 10.2. The molecule has 0 atom stereocenters. The predicted octanol–water partition coefficient (Wildman–Crippen LogP) is 4.40. The normalized spacial score (nSPS) is 10.9. The summed E-state index contributed by atoms with van der Waals surface area (Å²) in [7, 11) is -1.93. The molecule has 0 aliphatic heterocycles. The van der Waals surface area contributed by atoms with E-state index in [1.165, 1.54) is 60.7 Å². The number of carbonyl (C=O) groups is 3. The van der Waals surface area contributed by atoms with Crippen LogP contribution < -0.4 is 9.62 Å². The fourth-order valence-electron chi connectivity index (χ4n) is 3.20. The maximum Gasteiger partial charge on any atom is 0.337 e. The molecule has 9 nitrogen and oxygen atoms in total. The largest absolute Gasteiger partial charge is 0.465 e. The van der Waals surface area contributed by atoms with Crippen LogP contribution in [0.1, 0.15) is 20.7 Å². The summed E-state index contributed by atoms with van der Waals surface area (Å²) >= 11 is 12.3. The minimum absolute atomic E-state index is 0.0123. The van der Waals surface area contributed by atoms with E-state index in [-0.39, 0.29) is 37.4 Å². The molecule has 0 aromatic heterocycles. The molecule has 188 valence electrons. The average Bonchev–Trinajstić information content (AvgIpc) is 2.88. The SMILES string of the molecule is COC(=O)c1cc(NC(=O)CN(c2cc(Cl)ccc2Cl)S(=O)(=O)c2ccccc2)cc(C(=O)OC)c1. The number of carbonyl (C=O) groups excluding carboxylic acids is 3. The number of ether oxygens (including phenoxy) is 2. The second-order valence-corrected chi connectivity index (χ2v) is 9.96. The maximum absolute atomic E-state index is 13.5. The first-order valence-corrected chi connectivity index (χ1v) is 12.4. The van der Waals surface area contributed by atoms with Gasteiger partial charge in [0.2, 0.25) is 5.91 Å². The number of amides is 1. The Morgan fingerprint density at radius 2 is 1.44 bits per heavy atom. The van der Waals surface area contributed by atoms with Crippen molar-refractivity contribution < 1.29 is 32.3 Å². The van der Waals surface area contributed by atoms with Gasteiger partial charge in [0.05, 0.1) is 41.0 Å². The summed E-state index contributed by atoms with van der Waals surface area (Å²) < 4.78 is 37.1. The minimum atomic E-state index is -4.25. The molecule has 0 spiro atoms. The number of rotatable bonds is 8. The van der Waals surface area contributed by atoms with Crippen LogP contribution in [0.5, 0.6) is 0 Å². The summed E-state index contributed by atoms with van der Waals surface area (Å²) in [5.74, 6) is -2.30. The molecular formula is C24H20Cl2N2O7S. The van der Waals surface area contributed by atoms with Crippen molar-refractivity contribution >= 4 is 62.4 Å². The second kappa shape index (κ2) is 11.4. The number of benzene rings is 3. The minimum Gasteiger partial charge on any atom is -0.465 e. The second-order valence-electron chi connectivity index (χ2n) is 7.25. The van der Waals surface area contributed by atoms with Gasteiger partial charge in [-0.3, -0.25) is 9.10 Å². The standard InChI is InChI=1S/C24H20Cl2N2O7S/c1-34-23(30)15-10-16(24(31)35-2)12-18(11-15)27-22(29)14-28(21-13-17(25)8-9-20(21)26)36(32,33)19-6-4-3-5-7-19/h3-13H,14H2,1-2H3,(H,27,29). The van der Waals surface area contributed by atoms with Gasteiger partial charge in [-0.25, -0.2) is 18.0 Å². The number of hydrogen-bond acceptors (Lipinski definition) is 7. The van der Waals surface area contributed by atoms with E-state index >= 15 is 0 Å². The molecule has 0 saturated heterocycles. The summed E-state index contributed by atoms with van der Waals surface area (Å²) in [4.78, 5) is 37.0. The number of methoxy groups -OCH3 is 2. The highest BCUT2D eigenvalue weighted by Gasteiger charge is 2.29. The smallest absolute Gasteiger partial charge is 0.337 e. The van der Waals surface area contributed by atoms with Crippen molar-refractivity contribution in [1.82, 2.24) is 0 Å². The lowest BCUT2D eigenvalue weighted by Crippen LogP contribution is -2.38. The zero-order valence-electron chi connectivity index (χ0n) is 19.0. The number of nitrogens with zero attached hydrogens (tertiary/aromatic N) is 1. The topological polar surface area (TPSA) is 119 Å². The Hall–Kier alpha value is -3.60. The Morgan fingerprint density at radius 1 is 0.861 bits per heavy atom. The molecule has 36 heavy (non-hydrogen) atoms. The zero-order valence-corrected chi connectivity index (χ0v) is 21.4. The van der Waals surface area contributed by atoms with Crippen LogP contribution in [0.25, 0.3) is 0 Å². The van der Waals surface area contributed by atoms with Crippen LogP contribution in [-0.4, -0.2) is 47.0 Å². The van der Waals surface area contributed by atoms with Crippen molar-refractivity contribution in [2.45, 2.75) is 4.90 Å². The van der Waals surface area contributed by atoms with Gasteiger partial charge in [-0.15, -0.1) is 0 Å². The van der Waals surface area contributed by atoms with Gasteiger partial charge < -0.3 is 14.8 Å². The number of sulfonamides is 1. The van der Waals surface area contributed by atoms with Crippen molar-refractivity contribution in [2.24, 2.45) is 0 Å². The highest BCUT2D eigenvalue weighted by atomic mass is 35.5. The first-order chi connectivity index (χ1) is 17.1. The van der Waals surface area contributed by atoms with Crippen LogP contribution in [0.15, 0.2) is 71.6 Å². The lowest BCUT2D eigenvalue weighted by molar-refractivity contribution is -0.114. The van der Waals surface area contributed by atoms with Crippen LogP contribution >= 0.6 is 23.2 Å². The van der Waals surface area contributed by atoms with E-state index in [1.54, 1.807) is 6.07 Å². The fraction of sp³-hybridized carbons (Fsp3) is 0.125. The molecule has 0 unspecified atom stereocenters. The van der Waals surface area contributed by atoms with Gasteiger partial charge in [-0.2, -0.15) is 0 Å². The maximum atomic E-state index is 13.5. The molecule has 0 radical (unpaired) electrons. The van der Waals surface area contributed by atoms with E-state index < -0.39 is 34.4 Å². The van der Waals surface area contributed by atoms with Gasteiger partial charge in [-0.05, 0) is 48.5 Å². The fourth-order valence-corrected chi connectivity index (χ4v) is 5.09. The Bertz CT molecular complexity index is 1380. The van der Waals surface area contributed by atoms with Crippen LogP contribution in [-0.2, 0) is 24.3 Å². The number of hydrogen-bond donors (Lipinski definition) is 1. The summed E-state index contributed by atoms with van der Waals surface area (Å²) in [6.07, 6.45) is 0. The molecule has 0 fully saturated rings. The molecule has 3 aromatic carbocycles. The molecule has 0 aliphatic rings. The summed E-state index contributed by atoms with van der Waals surface area (Å²) in [6.45, 7) is -0.701. The van der Waals surface area contributed by atoms with Crippen LogP contribution in [0.4, 0.5) is 11.4 Å². The van der Waals surface area contributed by atoms with Crippen molar-refractivity contribution in [1.29, 1.82) is 0 Å². The summed E-state index contributed by atoms with van der Waals surface area (Å²) in [5.41, 5.74) is -0.0241. The summed E-state index contributed by atoms with van der Waals surface area (Å²) in [5, 5.41) is 2.76. The van der Waals surface area contributed by atoms with E-state index in [4.69, 9.17) is 23.2 Å². The Kier molecular flexibility index (Phi) is 8.57. The predicted molar refractivity (Wildman–Crippen MR) is 135 cm³/mol. The molecule has 0 bridgehead atoms. The molecule has 3 aromatic rings. The Morgan fingerprint density at radius 3 is 2.00 bits per heavy atom. The number of esters is 2. The van der Waals surface area contributed by atoms with Crippen LogP contribution in [0, 0.1) is 0 Å². The lowest BCUT2D eigenvalue weighted by atomic mass is 10.1. The van der Waals surface area contributed by atoms with E-state index in [1.807, 2.05) is 0 Å². The highest BCUT2D eigenvalue weighted by Crippen LogP contribution is 2.33. The molecule has 12 heteroatoms. The number of halogens is 2. The van der Waals surface area contributed by atoms with E-state index in [9.17, 15) is 22.8 Å². The summed E-state index contributed by atoms with van der Waals surface area (Å²) in [6, 6.07) is 15.5. The van der Waals surface area contributed by atoms with Crippen molar-refractivity contribution in [2.75, 3.05) is 30.4 Å². The van der Waals surface area contributed by atoms with Gasteiger partial charge in [0.25, 0.3) is 10.0 Å². The average molecular weight is 551 g/mol. The van der Waals surface area contributed by atoms with Gasteiger partial charge in [-0.1, -0.05) is 41.4 Å². The lowest BCUT2D eigenvalue weighted by Gasteiger charge is -2.25. The monoisotopic (exact) mass is 550 g/mol. The highest BCUT2D eigenvalue weighted by molar-refractivity contribution is 7.92. The Balaban J connectivity index is 2.01. The van der Waals surface area contributed by atoms with E-state index in [2.05, 4.69) is 14.8 Å². The number of anilines is 2. The van der Waals surface area contributed by atoms with Crippen molar-refractivity contribution in [3.63, 3.8) is 0 Å². The molecule has 1 amide bonds. The van der Waals surface area contributed by atoms with Crippen molar-refractivity contribution in [3.05, 3.63) is 87.9 Å². The molecule has 1 N–H and O–H groups in total. The molecule has 3 rings (SSSR count). The third kappa shape index (κ3) is 6.14. The molecule has 0 saturated carbocycles. The van der Waals surface area contributed by atoms with Gasteiger partial charge in [0, 0.05) is 10.7 Å². The molecular weight excluding hydrogens is 531 g/mol. The van der Waals surface area contributed by atoms with E-state index in [0.29, 0.717) is 0 Å². The van der Waals surface area contributed by atoms with Gasteiger partial charge in [0.1, 0.15) is 6.54 Å². The molecule has 0 aliphatic carbocycles. The van der Waals surface area contributed by atoms with Crippen LogP contribution in [0.3, 0.4) is 0 Å². The molecule has 0 heterocycles. The third-order valence-corrected chi connectivity index (χ3v) is 7.18. The van der Waals surface area contributed by atoms with Gasteiger partial charge in [0.15, 0.2) is 0 Å². The zero-order chi connectivity index (χ0) is 26.5. The van der Waals surface area contributed by atoms with Gasteiger partial charge >= 0.3 is 11.9 Å². The van der Waals surface area contributed by atoms with Crippen molar-refractivity contribution in [3.8, 4) is 0 Å². The number of nitrogens with one attached hydrogen (secondary N) is 1. The van der Waals surface area contributed by atoms with Crippen LogP contribution in [0.2, 0.25) is 10.0 Å². The first kappa shape index (κ1) is 27.0.